The van der Waals surface area contributed by atoms with Crippen molar-refractivity contribution in [1.29, 1.82) is 0 Å². The van der Waals surface area contributed by atoms with E-state index in [9.17, 15) is 28.3 Å². The number of aliphatic carboxylic acids is 2. The Hall–Kier alpha value is -4.61. The lowest BCUT2D eigenvalue weighted by Gasteiger charge is -2.42. The van der Waals surface area contributed by atoms with Gasteiger partial charge < -0.3 is 29.7 Å². The van der Waals surface area contributed by atoms with E-state index >= 15 is 0 Å². The average molecular weight is 626 g/mol. The van der Waals surface area contributed by atoms with E-state index in [4.69, 9.17) is 19.7 Å². The van der Waals surface area contributed by atoms with Gasteiger partial charge in [-0.2, -0.15) is 0 Å². The van der Waals surface area contributed by atoms with Crippen molar-refractivity contribution >= 4 is 17.9 Å². The van der Waals surface area contributed by atoms with Crippen LogP contribution in [-0.2, 0) is 19.9 Å². The first-order valence-corrected chi connectivity index (χ1v) is 14.4. The molecule has 0 amide bonds. The number of likely N-dealkylation sites (tertiary alicyclic amines) is 1. The molecular weight excluding hydrogens is 588 g/mol. The number of ether oxygens (including phenoxy) is 2. The quantitative estimate of drug-likeness (QED) is 0.140. The second kappa shape index (κ2) is 17.0. The molecule has 0 spiro atoms. The molecule has 3 aromatic rings. The van der Waals surface area contributed by atoms with Crippen LogP contribution in [0.1, 0.15) is 47.2 Å². The molecule has 1 aliphatic rings. The van der Waals surface area contributed by atoms with Crippen molar-refractivity contribution in [2.45, 2.75) is 31.3 Å². The molecule has 11 heteroatoms. The third-order valence-corrected chi connectivity index (χ3v) is 7.53. The van der Waals surface area contributed by atoms with Crippen LogP contribution in [0.4, 0.5) is 8.78 Å². The molecule has 240 valence electrons. The van der Waals surface area contributed by atoms with Gasteiger partial charge in [0.25, 0.3) is 0 Å². The number of carboxylic acids is 2. The van der Waals surface area contributed by atoms with E-state index < -0.39 is 17.5 Å². The summed E-state index contributed by atoms with van der Waals surface area (Å²) in [6, 6.07) is 18.8. The number of hydrogen-bond donors (Lipinski definition) is 3. The zero-order valence-corrected chi connectivity index (χ0v) is 24.9. The van der Waals surface area contributed by atoms with Gasteiger partial charge in [-0.3, -0.25) is 0 Å². The molecule has 3 N–H and O–H groups in total. The monoisotopic (exact) mass is 625 g/mol. The van der Waals surface area contributed by atoms with E-state index in [1.165, 1.54) is 31.4 Å². The summed E-state index contributed by atoms with van der Waals surface area (Å²) in [6.07, 6.45) is 4.53. The second-order valence-corrected chi connectivity index (χ2v) is 10.5. The molecule has 1 aliphatic heterocycles. The molecule has 45 heavy (non-hydrogen) atoms. The Balaban J connectivity index is 0.000000610. The molecule has 9 nitrogen and oxygen atoms in total. The topological polar surface area (TPSA) is 134 Å². The fourth-order valence-electron chi connectivity index (χ4n) is 5.20. The molecule has 0 saturated carbocycles. The van der Waals surface area contributed by atoms with E-state index in [-0.39, 0.29) is 23.5 Å². The maximum absolute atomic E-state index is 13.6. The van der Waals surface area contributed by atoms with Crippen LogP contribution in [0.3, 0.4) is 0 Å². The van der Waals surface area contributed by atoms with Crippen molar-refractivity contribution in [3.63, 3.8) is 0 Å². The van der Waals surface area contributed by atoms with Crippen molar-refractivity contribution in [3.05, 3.63) is 113 Å². The lowest BCUT2D eigenvalue weighted by Crippen LogP contribution is -2.44. The standard InChI is InChI=1S/C30H33F2NO4.C4H4O4/c1-36-29(34)22-4-14-28(15-5-22)37-21-3-2-18-33-19-16-25(17-20-33)30(35,23-6-10-26(31)11-7-23)24-8-12-27(32)13-9-24;5-3(6)1-2-4(7)8/h4-15,25,35H,2-3,16-21H2,1H3;1-2H,(H,5,6)(H,7,8)/b;2-1+. The largest absolute Gasteiger partial charge is 0.494 e. The van der Waals surface area contributed by atoms with E-state index in [1.807, 2.05) is 0 Å². The van der Waals surface area contributed by atoms with Gasteiger partial charge in [0.2, 0.25) is 0 Å². The number of halogens is 2. The number of carbonyl (C=O) groups is 3. The fourth-order valence-corrected chi connectivity index (χ4v) is 5.20. The molecule has 0 unspecified atom stereocenters. The average Bonchev–Trinajstić information content (AvgIpc) is 3.04. The highest BCUT2D eigenvalue weighted by molar-refractivity contribution is 5.90. The van der Waals surface area contributed by atoms with E-state index in [1.54, 1.807) is 48.5 Å². The number of carbonyl (C=O) groups excluding carboxylic acids is 1. The molecule has 3 aromatic carbocycles. The summed E-state index contributed by atoms with van der Waals surface area (Å²) in [5.41, 5.74) is 0.417. The molecule has 1 heterocycles. The van der Waals surface area contributed by atoms with Crippen molar-refractivity contribution in [3.8, 4) is 5.75 Å². The normalized spacial score (nSPS) is 14.0. The van der Waals surface area contributed by atoms with Crippen LogP contribution in [0.25, 0.3) is 0 Å². The van der Waals surface area contributed by atoms with Gasteiger partial charge in [-0.05, 0) is 111 Å². The van der Waals surface area contributed by atoms with Crippen LogP contribution in [-0.4, -0.2) is 71.5 Å². The molecule has 1 fully saturated rings. The Morgan fingerprint density at radius 3 is 1.76 bits per heavy atom. The first-order valence-electron chi connectivity index (χ1n) is 14.4. The third-order valence-electron chi connectivity index (χ3n) is 7.53. The number of methoxy groups -OCH3 is 1. The number of benzene rings is 3. The zero-order chi connectivity index (χ0) is 32.8. The van der Waals surface area contributed by atoms with Crippen LogP contribution in [0, 0.1) is 17.6 Å². The maximum Gasteiger partial charge on any atom is 0.337 e. The molecule has 1 saturated heterocycles. The smallest absolute Gasteiger partial charge is 0.337 e. The number of piperidine rings is 1. The second-order valence-electron chi connectivity index (χ2n) is 10.5. The Morgan fingerprint density at radius 1 is 0.822 bits per heavy atom. The number of esters is 1. The van der Waals surface area contributed by atoms with Gasteiger partial charge in [-0.25, -0.2) is 23.2 Å². The summed E-state index contributed by atoms with van der Waals surface area (Å²) >= 11 is 0. The number of carboxylic acid groups (broad SMARTS) is 2. The number of rotatable bonds is 12. The maximum atomic E-state index is 13.6. The highest BCUT2D eigenvalue weighted by atomic mass is 19.1. The minimum atomic E-state index is -1.31. The Bertz CT molecular complexity index is 1360. The molecule has 0 bridgehead atoms. The van der Waals surface area contributed by atoms with Gasteiger partial charge in [-0.1, -0.05) is 24.3 Å². The lowest BCUT2D eigenvalue weighted by molar-refractivity contribution is -0.134. The van der Waals surface area contributed by atoms with E-state index in [0.29, 0.717) is 41.2 Å². The Labute approximate surface area is 260 Å². The molecule has 0 atom stereocenters. The lowest BCUT2D eigenvalue weighted by atomic mass is 9.72. The summed E-state index contributed by atoms with van der Waals surface area (Å²) in [7, 11) is 1.35. The minimum absolute atomic E-state index is 0.0732. The summed E-state index contributed by atoms with van der Waals surface area (Å²) in [5.74, 6) is -2.96. The first kappa shape index (κ1) is 34.9. The van der Waals surface area contributed by atoms with E-state index in [0.717, 1.165) is 45.3 Å². The highest BCUT2D eigenvalue weighted by Gasteiger charge is 2.41. The summed E-state index contributed by atoms with van der Waals surface area (Å²) in [4.78, 5) is 33.0. The van der Waals surface area contributed by atoms with Gasteiger partial charge in [0.15, 0.2) is 0 Å². The van der Waals surface area contributed by atoms with E-state index in [2.05, 4.69) is 4.90 Å². The van der Waals surface area contributed by atoms with Crippen LogP contribution in [0.15, 0.2) is 84.9 Å². The van der Waals surface area contributed by atoms with Crippen LogP contribution in [0.2, 0.25) is 0 Å². The number of unbranched alkanes of at least 4 members (excludes halogenated alkanes) is 1. The Morgan fingerprint density at radius 2 is 1.31 bits per heavy atom. The van der Waals surface area contributed by atoms with Crippen LogP contribution in [0.5, 0.6) is 5.75 Å². The highest BCUT2D eigenvalue weighted by Crippen LogP contribution is 2.42. The molecule has 0 aliphatic carbocycles. The summed E-state index contributed by atoms with van der Waals surface area (Å²) < 4.78 is 37.7. The minimum Gasteiger partial charge on any atom is -0.494 e. The molecular formula is C34H37F2NO8. The predicted octanol–water partition coefficient (Wildman–Crippen LogP) is 5.27. The number of aliphatic hydroxyl groups is 1. The number of hydrogen-bond acceptors (Lipinski definition) is 7. The van der Waals surface area contributed by atoms with Crippen LogP contribution >= 0.6 is 0 Å². The predicted molar refractivity (Wildman–Crippen MR) is 162 cm³/mol. The molecule has 4 rings (SSSR count). The first-order chi connectivity index (χ1) is 21.5. The van der Waals surface area contributed by atoms with Crippen LogP contribution < -0.4 is 4.74 Å². The zero-order valence-electron chi connectivity index (χ0n) is 24.9. The Kier molecular flexibility index (Phi) is 13.2. The fraction of sp³-hybridized carbons (Fsp3) is 0.324. The molecule has 0 aromatic heterocycles. The summed E-state index contributed by atoms with van der Waals surface area (Å²) in [6.45, 7) is 3.20. The van der Waals surface area contributed by atoms with Crippen molar-refractivity contribution in [2.75, 3.05) is 33.4 Å². The van der Waals surface area contributed by atoms with Gasteiger partial charge in [0.05, 0.1) is 19.3 Å². The van der Waals surface area contributed by atoms with Gasteiger partial charge in [0, 0.05) is 12.2 Å². The molecule has 0 radical (unpaired) electrons. The van der Waals surface area contributed by atoms with Crippen molar-refractivity contribution in [1.82, 2.24) is 4.90 Å². The third kappa shape index (κ3) is 10.5. The van der Waals surface area contributed by atoms with Crippen molar-refractivity contribution < 1.29 is 48.0 Å². The summed E-state index contributed by atoms with van der Waals surface area (Å²) in [5, 5.41) is 27.6. The van der Waals surface area contributed by atoms with Gasteiger partial charge in [-0.15, -0.1) is 0 Å². The SMILES string of the molecule is COC(=O)c1ccc(OCCCCN2CCC(C(O)(c3ccc(F)cc3)c3ccc(F)cc3)CC2)cc1.O=C(O)/C=C/C(=O)O. The van der Waals surface area contributed by atoms with Gasteiger partial charge >= 0.3 is 17.9 Å². The van der Waals surface area contributed by atoms with Gasteiger partial charge in [0.1, 0.15) is 23.0 Å². The van der Waals surface area contributed by atoms with Crippen molar-refractivity contribution in [2.24, 2.45) is 5.92 Å². The number of nitrogens with zero attached hydrogens (tertiary/aromatic N) is 1.